The predicted molar refractivity (Wildman–Crippen MR) is 132 cm³/mol. The van der Waals surface area contributed by atoms with E-state index >= 15 is 0 Å². The van der Waals surface area contributed by atoms with Crippen LogP contribution in [-0.4, -0.2) is 35.0 Å². The molecule has 7 heteroatoms. The van der Waals surface area contributed by atoms with E-state index in [2.05, 4.69) is 5.32 Å². The number of hydrogen-bond acceptors (Lipinski definition) is 5. The molecule has 5 rings (SSSR count). The summed E-state index contributed by atoms with van der Waals surface area (Å²) in [5.41, 5.74) is 3.55. The molecule has 0 spiro atoms. The van der Waals surface area contributed by atoms with E-state index in [1.54, 1.807) is 6.08 Å². The molecule has 2 heterocycles. The summed E-state index contributed by atoms with van der Waals surface area (Å²) in [6.45, 7) is 2.26. The van der Waals surface area contributed by atoms with Gasteiger partial charge in [-0.25, -0.2) is 0 Å². The highest BCUT2D eigenvalue weighted by Crippen LogP contribution is 2.43. The van der Waals surface area contributed by atoms with Crippen molar-refractivity contribution in [3.8, 4) is 11.5 Å². The summed E-state index contributed by atoms with van der Waals surface area (Å²) >= 11 is 0.918. The Hall–Kier alpha value is -3.84. The fourth-order valence-corrected chi connectivity index (χ4v) is 4.96. The minimum atomic E-state index is -0.530. The van der Waals surface area contributed by atoms with Gasteiger partial charge < -0.3 is 10.1 Å². The molecule has 3 aromatic rings. The van der Waals surface area contributed by atoms with E-state index in [4.69, 9.17) is 4.74 Å². The average molecular weight is 471 g/mol. The van der Waals surface area contributed by atoms with Crippen LogP contribution in [0, 0.1) is 6.92 Å². The molecule has 3 aromatic carbocycles. The molecule has 3 amide bonds. The Morgan fingerprint density at radius 2 is 1.59 bits per heavy atom. The van der Waals surface area contributed by atoms with Gasteiger partial charge in [-0.2, -0.15) is 0 Å². The van der Waals surface area contributed by atoms with Gasteiger partial charge in [-0.3, -0.25) is 19.3 Å². The highest BCUT2D eigenvalue weighted by molar-refractivity contribution is 8.18. The molecule has 1 saturated heterocycles. The van der Waals surface area contributed by atoms with Crippen LogP contribution in [0.2, 0.25) is 0 Å². The van der Waals surface area contributed by atoms with Crippen LogP contribution in [0.4, 0.5) is 4.79 Å². The maximum absolute atomic E-state index is 13.2. The normalized spacial score (nSPS) is 16.3. The molecule has 6 nitrogen and oxygen atoms in total. The number of carbonyl (C=O) groups excluding carboxylic acids is 3. The van der Waals surface area contributed by atoms with Crippen LogP contribution >= 0.6 is 11.8 Å². The van der Waals surface area contributed by atoms with Crippen LogP contribution < -0.4 is 10.1 Å². The van der Waals surface area contributed by atoms with E-state index < -0.39 is 5.92 Å². The van der Waals surface area contributed by atoms with Crippen molar-refractivity contribution in [2.24, 2.45) is 0 Å². The van der Waals surface area contributed by atoms with Gasteiger partial charge in [0.2, 0.25) is 5.91 Å². The molecule has 0 radical (unpaired) electrons. The van der Waals surface area contributed by atoms with Crippen LogP contribution in [0.15, 0.2) is 77.7 Å². The van der Waals surface area contributed by atoms with Crippen LogP contribution in [0.1, 0.15) is 28.2 Å². The van der Waals surface area contributed by atoms with Gasteiger partial charge in [0.25, 0.3) is 11.1 Å². The molecule has 0 aliphatic carbocycles. The number of imide groups is 1. The Kier molecular flexibility index (Phi) is 5.94. The fourth-order valence-electron chi connectivity index (χ4n) is 4.09. The van der Waals surface area contributed by atoms with E-state index in [1.807, 2.05) is 79.7 Å². The standard InChI is InChI=1S/C27H22N2O4S/c1-17-10-12-18(13-11-17)16-23-26(31)29(27(32)34-23)15-14-28-25(30)24-19-6-2-4-8-21(19)33-22-9-5-3-7-20(22)24/h2-13,16,24H,14-15H2,1H3,(H,28,30). The SMILES string of the molecule is Cc1ccc(C=C2SC(=O)N(CCNC(=O)C3c4ccccc4Oc4ccccc43)C2=O)cc1. The van der Waals surface area contributed by atoms with Crippen molar-refractivity contribution in [3.05, 3.63) is 100.0 Å². The quantitative estimate of drug-likeness (QED) is 0.526. The van der Waals surface area contributed by atoms with Gasteiger partial charge in [0, 0.05) is 24.2 Å². The number of nitrogens with zero attached hydrogens (tertiary/aromatic N) is 1. The number of nitrogens with one attached hydrogen (secondary N) is 1. The predicted octanol–water partition coefficient (Wildman–Crippen LogP) is 5.09. The number of para-hydroxylation sites is 2. The first kappa shape index (κ1) is 22.0. The fraction of sp³-hybridized carbons (Fsp3) is 0.148. The summed E-state index contributed by atoms with van der Waals surface area (Å²) < 4.78 is 5.95. The number of amides is 3. The lowest BCUT2D eigenvalue weighted by Crippen LogP contribution is -2.39. The summed E-state index contributed by atoms with van der Waals surface area (Å²) in [6, 6.07) is 22.6. The van der Waals surface area contributed by atoms with Crippen molar-refractivity contribution in [2.45, 2.75) is 12.8 Å². The molecule has 1 N–H and O–H groups in total. The third-order valence-corrected chi connectivity index (χ3v) is 6.73. The third kappa shape index (κ3) is 4.22. The summed E-state index contributed by atoms with van der Waals surface area (Å²) in [4.78, 5) is 40.0. The number of aryl methyl sites for hydroxylation is 1. The van der Waals surface area contributed by atoms with Crippen LogP contribution in [-0.2, 0) is 9.59 Å². The van der Waals surface area contributed by atoms with Gasteiger partial charge in [0.05, 0.1) is 10.8 Å². The Morgan fingerprint density at radius 1 is 0.971 bits per heavy atom. The maximum atomic E-state index is 13.2. The first-order chi connectivity index (χ1) is 16.5. The molecule has 0 saturated carbocycles. The summed E-state index contributed by atoms with van der Waals surface area (Å²) in [5.74, 6) is 0.219. The zero-order valence-electron chi connectivity index (χ0n) is 18.5. The largest absolute Gasteiger partial charge is 0.457 e. The zero-order valence-corrected chi connectivity index (χ0v) is 19.3. The second kappa shape index (κ2) is 9.19. The lowest BCUT2D eigenvalue weighted by Gasteiger charge is -2.27. The maximum Gasteiger partial charge on any atom is 0.293 e. The highest BCUT2D eigenvalue weighted by Gasteiger charge is 2.36. The van der Waals surface area contributed by atoms with Gasteiger partial charge in [-0.05, 0) is 42.5 Å². The van der Waals surface area contributed by atoms with Crippen molar-refractivity contribution in [2.75, 3.05) is 13.1 Å². The van der Waals surface area contributed by atoms with E-state index in [0.29, 0.717) is 16.4 Å². The molecule has 2 aliphatic heterocycles. The third-order valence-electron chi connectivity index (χ3n) is 5.83. The Labute approximate surface area is 201 Å². The zero-order chi connectivity index (χ0) is 23.7. The second-order valence-corrected chi connectivity index (χ2v) is 9.14. The number of hydrogen-bond donors (Lipinski definition) is 1. The monoisotopic (exact) mass is 470 g/mol. The molecule has 1 fully saturated rings. The van der Waals surface area contributed by atoms with Crippen molar-refractivity contribution < 1.29 is 19.1 Å². The number of rotatable bonds is 5. The first-order valence-electron chi connectivity index (χ1n) is 11.0. The minimum Gasteiger partial charge on any atom is -0.457 e. The van der Waals surface area contributed by atoms with Crippen molar-refractivity contribution in [1.82, 2.24) is 10.2 Å². The topological polar surface area (TPSA) is 75.7 Å². The van der Waals surface area contributed by atoms with E-state index in [9.17, 15) is 14.4 Å². The molecule has 34 heavy (non-hydrogen) atoms. The molecule has 0 unspecified atom stereocenters. The molecule has 0 aromatic heterocycles. The van der Waals surface area contributed by atoms with Crippen LogP contribution in [0.25, 0.3) is 6.08 Å². The van der Waals surface area contributed by atoms with Crippen molar-refractivity contribution in [1.29, 1.82) is 0 Å². The van der Waals surface area contributed by atoms with Gasteiger partial charge in [0.15, 0.2) is 0 Å². The molecular weight excluding hydrogens is 448 g/mol. The lowest BCUT2D eigenvalue weighted by molar-refractivity contribution is -0.124. The highest BCUT2D eigenvalue weighted by atomic mass is 32.2. The van der Waals surface area contributed by atoms with Gasteiger partial charge in [-0.1, -0.05) is 66.2 Å². The van der Waals surface area contributed by atoms with E-state index in [-0.39, 0.29) is 30.1 Å². The Bertz CT molecular complexity index is 1270. The van der Waals surface area contributed by atoms with E-state index in [1.165, 1.54) is 4.90 Å². The Balaban J connectivity index is 1.27. The van der Waals surface area contributed by atoms with Gasteiger partial charge >= 0.3 is 0 Å². The smallest absolute Gasteiger partial charge is 0.293 e. The lowest BCUT2D eigenvalue weighted by atomic mass is 9.87. The molecule has 170 valence electrons. The average Bonchev–Trinajstić information content (AvgIpc) is 3.11. The van der Waals surface area contributed by atoms with Crippen molar-refractivity contribution in [3.63, 3.8) is 0 Å². The van der Waals surface area contributed by atoms with E-state index in [0.717, 1.165) is 34.0 Å². The van der Waals surface area contributed by atoms with Gasteiger partial charge in [0.1, 0.15) is 11.5 Å². The number of ether oxygens (including phenoxy) is 1. The van der Waals surface area contributed by atoms with Crippen LogP contribution in [0.5, 0.6) is 11.5 Å². The second-order valence-electron chi connectivity index (χ2n) is 8.15. The summed E-state index contributed by atoms with van der Waals surface area (Å²) in [6.07, 6.45) is 1.72. The Morgan fingerprint density at radius 3 is 2.24 bits per heavy atom. The number of fused-ring (bicyclic) bond motifs is 2. The number of carbonyl (C=O) groups is 3. The minimum absolute atomic E-state index is 0.105. The molecule has 0 bridgehead atoms. The molecule has 2 aliphatic rings. The summed E-state index contributed by atoms with van der Waals surface area (Å²) in [5, 5.41) is 2.57. The first-order valence-corrected chi connectivity index (χ1v) is 11.8. The number of thioether (sulfide) groups is 1. The number of benzene rings is 3. The van der Waals surface area contributed by atoms with Gasteiger partial charge in [-0.15, -0.1) is 0 Å². The van der Waals surface area contributed by atoms with Crippen LogP contribution in [0.3, 0.4) is 0 Å². The summed E-state index contributed by atoms with van der Waals surface area (Å²) in [7, 11) is 0. The molecule has 0 atom stereocenters. The van der Waals surface area contributed by atoms with Crippen molar-refractivity contribution >= 4 is 34.9 Å². The molecular formula is C27H22N2O4S.